The van der Waals surface area contributed by atoms with E-state index in [1.54, 1.807) is 75.8 Å². The van der Waals surface area contributed by atoms with Crippen LogP contribution in [-0.4, -0.2) is 180 Å². The van der Waals surface area contributed by atoms with E-state index in [1.807, 2.05) is 20.8 Å². The maximum Gasteiger partial charge on any atom is 0.251 e. The summed E-state index contributed by atoms with van der Waals surface area (Å²) in [5, 5.41) is 45.8. The summed E-state index contributed by atoms with van der Waals surface area (Å²) in [6, 6.07) is 18.2. The van der Waals surface area contributed by atoms with Gasteiger partial charge in [-0.05, 0) is 114 Å². The number of morpholine rings is 3. The number of rotatable bonds is 21. The molecule has 6 aromatic carbocycles. The van der Waals surface area contributed by atoms with E-state index in [1.165, 1.54) is 36.4 Å². The molecule has 24 nitrogen and oxygen atoms in total. The molecule has 3 aromatic heterocycles. The normalized spacial score (nSPS) is 15.3. The zero-order valence-corrected chi connectivity index (χ0v) is 61.5. The fourth-order valence-electron chi connectivity index (χ4n) is 11.5. The highest BCUT2D eigenvalue weighted by molar-refractivity contribution is 7.59. The molecule has 3 aliphatic heterocycles. The van der Waals surface area contributed by atoms with Crippen molar-refractivity contribution in [2.75, 3.05) is 129 Å². The molecule has 0 spiro atoms. The van der Waals surface area contributed by atoms with Crippen LogP contribution in [0.15, 0.2) is 110 Å². The first-order chi connectivity index (χ1) is 48.9. The maximum atomic E-state index is 13.7. The Morgan fingerprint density at radius 1 is 0.381 bits per heavy atom. The third-order valence-corrected chi connectivity index (χ3v) is 16.6. The van der Waals surface area contributed by atoms with Crippen LogP contribution in [0.3, 0.4) is 0 Å². The maximum absolute atomic E-state index is 13.7. The molecule has 564 valence electrons. The van der Waals surface area contributed by atoms with E-state index in [-0.39, 0.29) is 94.9 Å². The van der Waals surface area contributed by atoms with Gasteiger partial charge in [-0.15, -0.1) is 0 Å². The van der Waals surface area contributed by atoms with Crippen molar-refractivity contribution in [3.05, 3.63) is 178 Å². The second-order valence-corrected chi connectivity index (χ2v) is 25.0. The Morgan fingerprint density at radius 2 is 0.610 bits per heavy atom. The molecule has 105 heavy (non-hydrogen) atoms. The lowest BCUT2D eigenvalue weighted by Crippen LogP contribution is -2.36. The van der Waals surface area contributed by atoms with Crippen LogP contribution in [0.25, 0.3) is 33.1 Å². The number of halogens is 6. The summed E-state index contributed by atoms with van der Waals surface area (Å²) < 4.78 is 98.6. The molecule has 0 radical (unpaired) electrons. The van der Waals surface area contributed by atoms with Crippen molar-refractivity contribution < 1.29 is 70.3 Å². The van der Waals surface area contributed by atoms with Gasteiger partial charge in [-0.1, -0.05) is 0 Å². The van der Waals surface area contributed by atoms with Crippen LogP contribution in [0, 0.1) is 34.9 Å². The van der Waals surface area contributed by atoms with Crippen LogP contribution in [-0.2, 0) is 14.2 Å². The Hall–Kier alpha value is -9.06. The fraction of sp³-hybridized carbons (Fsp3) is 0.375. The Labute approximate surface area is 623 Å². The second-order valence-electron chi connectivity index (χ2n) is 25.0. The average molecular weight is 1520 g/mol. The predicted molar refractivity (Wildman–Crippen MR) is 406 cm³/mol. The van der Waals surface area contributed by atoms with Crippen molar-refractivity contribution in [2.24, 2.45) is 0 Å². The van der Waals surface area contributed by atoms with E-state index in [4.69, 9.17) is 29.2 Å². The molecule has 9 aromatic rings. The SMILES string of the molecule is CC(Nc1cc(F)cc(F)c1)c1cc(C(=O)NC[C@H](C)O)cc2ncc(N3CCOCC3)nc12.CC(Nc1cc(F)cc(F)c1)c1cc(C(=O)NC[C@H](C)O)cc2ncc(N3CCOCC3)nc12.CC(Nc1cc(F)cc(F)c1)c1cc(C(=O)NC[C@H](C)O)cc2ncc(N3CCOCC3)nc12.S.S.S. The fourth-order valence-corrected chi connectivity index (χ4v) is 11.5. The second kappa shape index (κ2) is 38.8. The standard InChI is InChI=1S/3C24H27F2N5O3.3H2S/c3*1-14(32)12-28-24(33)16-7-20(15(2)29-19-10-17(25)9-18(26)11-19)23-21(8-16)27-13-22(30-23)31-3-5-34-6-4-31;;;/h3*7-11,13-15,29,32H,3-6,12H2,1-2H3,(H,28,33);3*1H2/t3*14-,15?;;;/m000.../s1. The van der Waals surface area contributed by atoms with Crippen molar-refractivity contribution in [3.63, 3.8) is 0 Å². The summed E-state index contributed by atoms with van der Waals surface area (Å²) >= 11 is 0. The number of anilines is 6. The van der Waals surface area contributed by atoms with E-state index in [0.29, 0.717) is 163 Å². The molecule has 12 rings (SSSR count). The van der Waals surface area contributed by atoms with Crippen LogP contribution in [0.2, 0.25) is 0 Å². The Kier molecular flexibility index (Phi) is 30.8. The number of aliphatic hydroxyl groups excluding tert-OH is 3. The van der Waals surface area contributed by atoms with Crippen LogP contribution >= 0.6 is 40.5 Å². The molecular weight excluding hydrogens is 1430 g/mol. The van der Waals surface area contributed by atoms with Gasteiger partial charge in [0.25, 0.3) is 17.7 Å². The highest BCUT2D eigenvalue weighted by Crippen LogP contribution is 2.33. The molecule has 0 aliphatic carbocycles. The Morgan fingerprint density at radius 3 is 0.829 bits per heavy atom. The molecule has 9 N–H and O–H groups in total. The smallest absolute Gasteiger partial charge is 0.251 e. The first-order valence-corrected chi connectivity index (χ1v) is 33.4. The zero-order valence-electron chi connectivity index (χ0n) is 58.5. The lowest BCUT2D eigenvalue weighted by atomic mass is 10.0. The van der Waals surface area contributed by atoms with Crippen LogP contribution in [0.5, 0.6) is 0 Å². The van der Waals surface area contributed by atoms with E-state index in [9.17, 15) is 56.0 Å². The number of amides is 3. The third kappa shape index (κ3) is 23.0. The topological polar surface area (TPSA) is 299 Å². The van der Waals surface area contributed by atoms with Gasteiger partial charge in [0.1, 0.15) is 52.4 Å². The molecule has 3 saturated heterocycles. The molecule has 0 saturated carbocycles. The summed E-state index contributed by atoms with van der Waals surface area (Å²) in [5.41, 5.74) is 7.02. The minimum atomic E-state index is -0.694. The highest BCUT2D eigenvalue weighted by Gasteiger charge is 2.25. The monoisotopic (exact) mass is 1520 g/mol. The van der Waals surface area contributed by atoms with E-state index < -0.39 is 71.3 Å². The largest absolute Gasteiger partial charge is 0.392 e. The number of nitrogens with zero attached hydrogens (tertiary/aromatic N) is 9. The van der Waals surface area contributed by atoms with Gasteiger partial charge >= 0.3 is 0 Å². The number of ether oxygens (including phenoxy) is 3. The minimum Gasteiger partial charge on any atom is -0.392 e. The molecule has 6 atom stereocenters. The number of benzene rings is 6. The Balaban J connectivity index is 0.000000217. The summed E-state index contributed by atoms with van der Waals surface area (Å²) in [4.78, 5) is 72.5. The predicted octanol–water partition coefficient (Wildman–Crippen LogP) is 9.42. The van der Waals surface area contributed by atoms with Crippen LogP contribution in [0.1, 0.15) is 107 Å². The van der Waals surface area contributed by atoms with Crippen molar-refractivity contribution in [1.29, 1.82) is 0 Å². The number of carbonyl (C=O) groups excluding carboxylic acids is 3. The number of hydrogen-bond acceptors (Lipinski definition) is 21. The average Bonchev–Trinajstić information content (AvgIpc) is 0.789. The third-order valence-electron chi connectivity index (χ3n) is 16.6. The van der Waals surface area contributed by atoms with Gasteiger partial charge in [0.2, 0.25) is 0 Å². The van der Waals surface area contributed by atoms with Crippen molar-refractivity contribution in [3.8, 4) is 0 Å². The number of aromatic nitrogens is 6. The van der Waals surface area contributed by atoms with E-state index in [2.05, 4.69) is 61.6 Å². The first-order valence-electron chi connectivity index (χ1n) is 33.4. The van der Waals surface area contributed by atoms with Gasteiger partial charge in [0.15, 0.2) is 0 Å². The molecule has 3 unspecified atom stereocenters. The summed E-state index contributed by atoms with van der Waals surface area (Å²) in [5.74, 6) is -3.21. The molecule has 3 amide bonds. The Bertz CT molecular complexity index is 3950. The summed E-state index contributed by atoms with van der Waals surface area (Å²) in [7, 11) is 0. The lowest BCUT2D eigenvalue weighted by Gasteiger charge is -2.28. The molecular formula is C72H87F6N15O9S3. The van der Waals surface area contributed by atoms with Crippen molar-refractivity contribution in [2.45, 2.75) is 78.0 Å². The number of hydrogen-bond donors (Lipinski definition) is 9. The lowest BCUT2D eigenvalue weighted by molar-refractivity contribution is 0.0918. The van der Waals surface area contributed by atoms with Gasteiger partial charge in [0.05, 0.1) is 128 Å². The quantitative estimate of drug-likeness (QED) is 0.0303. The zero-order chi connectivity index (χ0) is 72.7. The molecule has 3 aliphatic rings. The molecule has 33 heteroatoms. The molecule has 3 fully saturated rings. The van der Waals surface area contributed by atoms with Gasteiger partial charge < -0.3 is 76.1 Å². The molecule has 0 bridgehead atoms. The molecule has 6 heterocycles. The van der Waals surface area contributed by atoms with E-state index >= 15 is 0 Å². The first kappa shape index (κ1) is 83.2. The summed E-state index contributed by atoms with van der Waals surface area (Å²) in [6.07, 6.45) is 2.91. The minimum absolute atomic E-state index is 0. The van der Waals surface area contributed by atoms with Crippen molar-refractivity contribution in [1.82, 2.24) is 45.9 Å². The van der Waals surface area contributed by atoms with Crippen LogP contribution in [0.4, 0.5) is 60.9 Å². The summed E-state index contributed by atoms with van der Waals surface area (Å²) in [6.45, 7) is 18.2. The van der Waals surface area contributed by atoms with Gasteiger partial charge in [-0.2, -0.15) is 40.5 Å². The highest BCUT2D eigenvalue weighted by atomic mass is 32.1. The van der Waals surface area contributed by atoms with Gasteiger partial charge in [-0.25, -0.2) is 41.3 Å². The van der Waals surface area contributed by atoms with Crippen molar-refractivity contribution >= 4 is 126 Å². The number of carbonyl (C=O) groups is 3. The number of aliphatic hydroxyl groups is 3. The van der Waals surface area contributed by atoms with Crippen LogP contribution < -0.4 is 46.6 Å². The van der Waals surface area contributed by atoms with Gasteiger partial charge in [-0.3, -0.25) is 29.3 Å². The number of nitrogens with one attached hydrogen (secondary N) is 6. The number of fused-ring (bicyclic) bond motifs is 3. The van der Waals surface area contributed by atoms with Gasteiger partial charge in [0, 0.05) is 128 Å². The van der Waals surface area contributed by atoms with E-state index in [0.717, 1.165) is 18.2 Å².